The molecule has 3 rings (SSSR count). The quantitative estimate of drug-likeness (QED) is 0.170. The number of nitrogens with zero attached hydrogens (tertiary/aromatic N) is 6. The van der Waals surface area contributed by atoms with E-state index >= 15 is 8.78 Å². The van der Waals surface area contributed by atoms with Gasteiger partial charge in [-0.05, 0) is 58.0 Å². The number of carboxylic acid groups (broad SMARTS) is 2. The first-order chi connectivity index (χ1) is 20.7. The summed E-state index contributed by atoms with van der Waals surface area (Å²) < 4.78 is 63.3. The molecule has 5 atom stereocenters. The van der Waals surface area contributed by atoms with Gasteiger partial charge in [0.05, 0.1) is 23.5 Å². The van der Waals surface area contributed by atoms with Gasteiger partial charge in [0.1, 0.15) is 30.0 Å². The molecule has 1 heterocycles. The highest BCUT2D eigenvalue weighted by Gasteiger charge is 2.45. The molecule has 2 aliphatic carbocycles. The summed E-state index contributed by atoms with van der Waals surface area (Å²) in [4.78, 5) is 36.2. The lowest BCUT2D eigenvalue weighted by Crippen LogP contribution is -2.51. The van der Waals surface area contributed by atoms with E-state index in [4.69, 9.17) is 10.2 Å². The van der Waals surface area contributed by atoms with E-state index in [1.54, 1.807) is 0 Å². The van der Waals surface area contributed by atoms with Gasteiger partial charge in [-0.15, -0.1) is 5.11 Å². The van der Waals surface area contributed by atoms with E-state index in [0.29, 0.717) is 45.2 Å². The normalized spacial score (nSPS) is 27.7. The maximum absolute atomic E-state index is 15.1. The first kappa shape index (κ1) is 34.9. The fourth-order valence-corrected chi connectivity index (χ4v) is 6.75. The molecule has 1 aromatic rings. The number of rotatable bonds is 14. The summed E-state index contributed by atoms with van der Waals surface area (Å²) in [7, 11) is -4.67. The second kappa shape index (κ2) is 15.4. The standard InChI is InChI=1S/C26H37F2N7O8S/c1-15(36)31-22-10-17(34(8-2-4-23(37)38)9-3-5-24(39)40)6-7-21(22)32-33-26-16(13-29)14-30-35(26)25-19(27)11-18(12-20(25)28)44(41,42)43/h14,17-22,25H,2-12H2,1H3,(H,31,36)(H,37,38)(H,39,40)(H,41,42,43). The third-order valence-corrected chi connectivity index (χ3v) is 9.20. The van der Waals surface area contributed by atoms with E-state index in [-0.39, 0.29) is 36.2 Å². The molecular weight excluding hydrogens is 608 g/mol. The molecule has 0 bridgehead atoms. The molecule has 4 N–H and O–H groups in total. The van der Waals surface area contributed by atoms with Crippen molar-refractivity contribution in [2.24, 2.45) is 10.2 Å². The molecule has 1 aromatic heterocycles. The van der Waals surface area contributed by atoms with E-state index < -0.39 is 70.6 Å². The minimum Gasteiger partial charge on any atom is -0.481 e. The average Bonchev–Trinajstić information content (AvgIpc) is 3.32. The number of carbonyl (C=O) groups excluding carboxylic acids is 1. The number of nitrogens with one attached hydrogen (secondary N) is 1. The minimum atomic E-state index is -4.67. The highest BCUT2D eigenvalue weighted by Crippen LogP contribution is 2.39. The molecule has 15 nitrogen and oxygen atoms in total. The molecule has 2 aliphatic rings. The Labute approximate surface area is 253 Å². The maximum atomic E-state index is 15.1. The van der Waals surface area contributed by atoms with Gasteiger partial charge in [0.15, 0.2) is 5.82 Å². The fourth-order valence-electron chi connectivity index (χ4n) is 5.90. The van der Waals surface area contributed by atoms with Crippen LogP contribution in [-0.4, -0.2) is 105 Å². The number of amides is 1. The molecule has 0 saturated heterocycles. The largest absolute Gasteiger partial charge is 0.481 e. The Kier molecular flexibility index (Phi) is 12.3. The van der Waals surface area contributed by atoms with Crippen molar-refractivity contribution in [3.05, 3.63) is 11.8 Å². The van der Waals surface area contributed by atoms with E-state index in [1.165, 1.54) is 6.92 Å². The van der Waals surface area contributed by atoms with Crippen LogP contribution in [0.3, 0.4) is 0 Å². The highest BCUT2D eigenvalue weighted by atomic mass is 32.2. The topological polar surface area (TPSA) is 228 Å². The van der Waals surface area contributed by atoms with Crippen molar-refractivity contribution >= 4 is 33.8 Å². The summed E-state index contributed by atoms with van der Waals surface area (Å²) in [5.41, 5.74) is -0.127. The zero-order chi connectivity index (χ0) is 32.6. The third-order valence-electron chi connectivity index (χ3n) is 7.97. The van der Waals surface area contributed by atoms with Crippen LogP contribution in [0.1, 0.15) is 76.3 Å². The zero-order valence-electron chi connectivity index (χ0n) is 24.1. The summed E-state index contributed by atoms with van der Waals surface area (Å²) in [6.07, 6.45) is -2.51. The van der Waals surface area contributed by atoms with Crippen molar-refractivity contribution in [3.63, 3.8) is 0 Å². The number of hydrogen-bond donors (Lipinski definition) is 4. The molecule has 0 aliphatic heterocycles. The second-order valence-corrected chi connectivity index (χ2v) is 12.9. The number of halogens is 2. The Morgan fingerprint density at radius 3 is 2.20 bits per heavy atom. The first-order valence-corrected chi connectivity index (χ1v) is 15.8. The van der Waals surface area contributed by atoms with E-state index in [2.05, 4.69) is 20.6 Å². The Morgan fingerprint density at radius 1 is 1.11 bits per heavy atom. The number of alkyl halides is 2. The third kappa shape index (κ3) is 9.47. The van der Waals surface area contributed by atoms with Crippen molar-refractivity contribution in [2.75, 3.05) is 13.1 Å². The van der Waals surface area contributed by atoms with E-state index in [9.17, 15) is 32.6 Å². The summed E-state index contributed by atoms with van der Waals surface area (Å²) in [6.45, 7) is 2.15. The molecule has 2 fully saturated rings. The van der Waals surface area contributed by atoms with Crippen molar-refractivity contribution in [1.82, 2.24) is 20.0 Å². The van der Waals surface area contributed by atoms with Gasteiger partial charge in [0.25, 0.3) is 10.1 Å². The van der Waals surface area contributed by atoms with Gasteiger partial charge in [-0.25, -0.2) is 13.5 Å². The van der Waals surface area contributed by atoms with E-state index in [1.807, 2.05) is 11.0 Å². The predicted molar refractivity (Wildman–Crippen MR) is 149 cm³/mol. The lowest BCUT2D eigenvalue weighted by Gasteiger charge is -2.40. The second-order valence-electron chi connectivity index (χ2n) is 11.2. The number of azo groups is 1. The minimum absolute atomic E-state index is 0.0556. The van der Waals surface area contributed by atoms with Crippen LogP contribution in [0.5, 0.6) is 0 Å². The Hall–Kier alpha value is -3.56. The van der Waals surface area contributed by atoms with Crippen molar-refractivity contribution in [1.29, 1.82) is 5.26 Å². The van der Waals surface area contributed by atoms with Crippen LogP contribution in [0.4, 0.5) is 14.6 Å². The molecule has 244 valence electrons. The number of aliphatic carboxylic acids is 2. The van der Waals surface area contributed by atoms with Gasteiger partial charge in [0, 0.05) is 25.8 Å². The maximum Gasteiger partial charge on any atom is 0.303 e. The summed E-state index contributed by atoms with van der Waals surface area (Å²) >= 11 is 0. The Bertz CT molecular complexity index is 1340. The average molecular weight is 646 g/mol. The van der Waals surface area contributed by atoms with Crippen LogP contribution < -0.4 is 5.32 Å². The van der Waals surface area contributed by atoms with Crippen molar-refractivity contribution in [3.8, 4) is 6.07 Å². The smallest absolute Gasteiger partial charge is 0.303 e. The van der Waals surface area contributed by atoms with Crippen LogP contribution in [-0.2, 0) is 24.5 Å². The summed E-state index contributed by atoms with van der Waals surface area (Å²) in [5.74, 6) is -2.48. The van der Waals surface area contributed by atoms with Gasteiger partial charge in [-0.1, -0.05) is 0 Å². The molecule has 2 saturated carbocycles. The Balaban J connectivity index is 1.82. The lowest BCUT2D eigenvalue weighted by atomic mass is 9.86. The van der Waals surface area contributed by atoms with Crippen LogP contribution >= 0.6 is 0 Å². The number of nitriles is 1. The van der Waals surface area contributed by atoms with Crippen molar-refractivity contribution in [2.45, 2.75) is 106 Å². The van der Waals surface area contributed by atoms with Gasteiger partial charge in [-0.3, -0.25) is 18.9 Å². The highest BCUT2D eigenvalue weighted by molar-refractivity contribution is 7.86. The van der Waals surface area contributed by atoms with Crippen LogP contribution in [0.15, 0.2) is 16.4 Å². The molecular formula is C26H37F2N7O8S. The SMILES string of the molecule is CC(=O)NC1CC(N(CCCC(=O)O)CCCC(=O)O)CCC1N=Nc1c(C#N)cnn1C1C(F)CC(S(=O)(=O)O)CC1F. The zero-order valence-corrected chi connectivity index (χ0v) is 24.9. The number of hydrogen-bond acceptors (Lipinski definition) is 10. The molecule has 0 aromatic carbocycles. The van der Waals surface area contributed by atoms with Gasteiger partial charge >= 0.3 is 11.9 Å². The van der Waals surface area contributed by atoms with Crippen LogP contribution in [0, 0.1) is 11.3 Å². The first-order valence-electron chi connectivity index (χ1n) is 14.3. The number of carboxylic acids is 2. The molecule has 1 amide bonds. The lowest BCUT2D eigenvalue weighted by molar-refractivity contribution is -0.138. The van der Waals surface area contributed by atoms with Crippen molar-refractivity contribution < 1.29 is 46.3 Å². The van der Waals surface area contributed by atoms with Gasteiger partial charge < -0.3 is 20.4 Å². The summed E-state index contributed by atoms with van der Waals surface area (Å²) in [6, 6.07) is -1.05. The van der Waals surface area contributed by atoms with E-state index in [0.717, 1.165) is 10.9 Å². The monoisotopic (exact) mass is 645 g/mol. The predicted octanol–water partition coefficient (Wildman–Crippen LogP) is 2.56. The summed E-state index contributed by atoms with van der Waals surface area (Å²) in [5, 5.41) is 41.3. The van der Waals surface area contributed by atoms with Crippen LogP contribution in [0.25, 0.3) is 0 Å². The molecule has 44 heavy (non-hydrogen) atoms. The fraction of sp³-hybridized carbons (Fsp3) is 0.731. The molecule has 5 unspecified atom stereocenters. The molecule has 18 heteroatoms. The number of aromatic nitrogens is 2. The van der Waals surface area contributed by atoms with Gasteiger partial charge in [-0.2, -0.15) is 23.9 Å². The number of carbonyl (C=O) groups is 3. The van der Waals surface area contributed by atoms with Crippen LogP contribution in [0.2, 0.25) is 0 Å². The Morgan fingerprint density at radius 2 is 1.70 bits per heavy atom. The molecule has 0 spiro atoms. The van der Waals surface area contributed by atoms with Gasteiger partial charge in [0.2, 0.25) is 5.91 Å². The molecule has 0 radical (unpaired) electrons.